The Hall–Kier alpha value is -0.260. The molecule has 0 aromatic rings. The molecule has 0 saturated carbocycles. The van der Waals surface area contributed by atoms with Gasteiger partial charge in [0.1, 0.15) is 0 Å². The van der Waals surface area contributed by atoms with Crippen molar-refractivity contribution in [2.45, 2.75) is 68.2 Å². The summed E-state index contributed by atoms with van der Waals surface area (Å²) < 4.78 is 0. The lowest BCUT2D eigenvalue weighted by molar-refractivity contribution is 0.157. The first-order valence-electron chi connectivity index (χ1n) is 6.66. The van der Waals surface area contributed by atoms with E-state index in [2.05, 4.69) is 62.0 Å². The summed E-state index contributed by atoms with van der Waals surface area (Å²) in [5.41, 5.74) is 2.06. The lowest BCUT2D eigenvalue weighted by Crippen LogP contribution is -2.31. The van der Waals surface area contributed by atoms with Crippen molar-refractivity contribution in [3.63, 3.8) is 0 Å². The van der Waals surface area contributed by atoms with Crippen LogP contribution in [0.5, 0.6) is 0 Å². The van der Waals surface area contributed by atoms with Crippen LogP contribution in [0.3, 0.4) is 0 Å². The van der Waals surface area contributed by atoms with Gasteiger partial charge in [0, 0.05) is 0 Å². The molecule has 16 heavy (non-hydrogen) atoms. The van der Waals surface area contributed by atoms with Gasteiger partial charge in [-0.3, -0.25) is 0 Å². The molecule has 0 radical (unpaired) electrons. The molecule has 96 valence electrons. The van der Waals surface area contributed by atoms with Crippen LogP contribution in [0.15, 0.2) is 12.2 Å². The summed E-state index contributed by atoms with van der Waals surface area (Å²) >= 11 is 0. The summed E-state index contributed by atoms with van der Waals surface area (Å²) in [6.07, 6.45) is 2.53. The van der Waals surface area contributed by atoms with E-state index in [9.17, 15) is 0 Å². The van der Waals surface area contributed by atoms with E-state index >= 15 is 0 Å². The summed E-state index contributed by atoms with van der Waals surface area (Å²) in [6.45, 7) is 22.8. The van der Waals surface area contributed by atoms with Crippen LogP contribution in [0.2, 0.25) is 0 Å². The predicted molar refractivity (Wildman–Crippen MR) is 75.6 cm³/mol. The zero-order chi connectivity index (χ0) is 13.1. The molecule has 0 nitrogen and oxygen atoms in total. The molecule has 0 heteroatoms. The van der Waals surface area contributed by atoms with Crippen molar-refractivity contribution < 1.29 is 0 Å². The summed E-state index contributed by atoms with van der Waals surface area (Å²) in [7, 11) is 0. The Balaban J connectivity index is 4.78. The molecule has 0 aromatic heterocycles. The fourth-order valence-electron chi connectivity index (χ4n) is 2.20. The number of hydrogen-bond acceptors (Lipinski definition) is 0. The lowest BCUT2D eigenvalue weighted by Gasteiger charge is -2.40. The molecule has 0 aliphatic rings. The minimum Gasteiger partial charge on any atom is -0.0996 e. The van der Waals surface area contributed by atoms with Crippen LogP contribution in [0.25, 0.3) is 0 Å². The fourth-order valence-corrected chi connectivity index (χ4v) is 2.20. The normalized spacial score (nSPS) is 18.3. The Bertz CT molecular complexity index is 229. The summed E-state index contributed by atoms with van der Waals surface area (Å²) in [5.74, 6) is 1.43. The zero-order valence-electron chi connectivity index (χ0n) is 12.8. The van der Waals surface area contributed by atoms with E-state index in [4.69, 9.17) is 0 Å². The van der Waals surface area contributed by atoms with Gasteiger partial charge in [-0.25, -0.2) is 0 Å². The topological polar surface area (TPSA) is 0 Å². The highest BCUT2D eigenvalue weighted by atomic mass is 14.4. The van der Waals surface area contributed by atoms with Gasteiger partial charge in [-0.2, -0.15) is 0 Å². The van der Waals surface area contributed by atoms with Gasteiger partial charge in [0.15, 0.2) is 0 Å². The van der Waals surface area contributed by atoms with Crippen molar-refractivity contribution in [2.24, 2.45) is 22.7 Å². The van der Waals surface area contributed by atoms with Gasteiger partial charge in [-0.15, -0.1) is 0 Å². The van der Waals surface area contributed by atoms with Gasteiger partial charge >= 0.3 is 0 Å². The standard InChI is InChI=1S/C16H32/c1-12(2)14(5)16(9,13(3)4)11-10-15(6,7)8/h12,14H,3,10-11H2,1-2,4-9H3. The summed E-state index contributed by atoms with van der Waals surface area (Å²) in [5, 5.41) is 0. The number of hydrogen-bond donors (Lipinski definition) is 0. The van der Waals surface area contributed by atoms with Crippen molar-refractivity contribution in [3.05, 3.63) is 12.2 Å². The molecule has 2 atom stereocenters. The molecule has 0 saturated heterocycles. The second-order valence-electron chi connectivity index (χ2n) is 7.29. The van der Waals surface area contributed by atoms with Crippen LogP contribution in [0.4, 0.5) is 0 Å². The quantitative estimate of drug-likeness (QED) is 0.526. The minimum atomic E-state index is 0.293. The highest BCUT2D eigenvalue weighted by Crippen LogP contribution is 2.44. The van der Waals surface area contributed by atoms with Crippen LogP contribution in [0, 0.1) is 22.7 Å². The molecule has 0 rings (SSSR count). The molecular formula is C16H32. The predicted octanol–water partition coefficient (Wildman–Crippen LogP) is 5.69. The number of allylic oxidation sites excluding steroid dienone is 1. The molecule has 0 fully saturated rings. The van der Waals surface area contributed by atoms with Crippen LogP contribution >= 0.6 is 0 Å². The third kappa shape index (κ3) is 4.31. The molecule has 0 N–H and O–H groups in total. The highest BCUT2D eigenvalue weighted by Gasteiger charge is 2.34. The van der Waals surface area contributed by atoms with Crippen molar-refractivity contribution >= 4 is 0 Å². The second kappa shape index (κ2) is 5.38. The van der Waals surface area contributed by atoms with Crippen molar-refractivity contribution in [1.29, 1.82) is 0 Å². The Kier molecular flexibility index (Phi) is 5.29. The molecular weight excluding hydrogens is 192 g/mol. The van der Waals surface area contributed by atoms with Crippen LogP contribution < -0.4 is 0 Å². The Labute approximate surface area is 104 Å². The Morgan fingerprint density at radius 2 is 1.44 bits per heavy atom. The molecule has 0 aliphatic heterocycles. The SMILES string of the molecule is C=C(C)C(C)(CCC(C)(C)C)C(C)C(C)C. The largest absolute Gasteiger partial charge is 0.0996 e. The molecule has 0 heterocycles. The third-order valence-corrected chi connectivity index (χ3v) is 4.37. The van der Waals surface area contributed by atoms with E-state index in [1.807, 2.05) is 0 Å². The molecule has 0 aliphatic carbocycles. The highest BCUT2D eigenvalue weighted by molar-refractivity contribution is 5.08. The van der Waals surface area contributed by atoms with E-state index in [1.54, 1.807) is 0 Å². The first-order valence-corrected chi connectivity index (χ1v) is 6.66. The Morgan fingerprint density at radius 3 is 1.69 bits per heavy atom. The maximum atomic E-state index is 4.23. The smallest absolute Gasteiger partial charge is 0.00936 e. The van der Waals surface area contributed by atoms with Gasteiger partial charge in [-0.1, -0.05) is 60.6 Å². The van der Waals surface area contributed by atoms with Gasteiger partial charge < -0.3 is 0 Å². The molecule has 0 aromatic carbocycles. The van der Waals surface area contributed by atoms with E-state index in [0.29, 0.717) is 16.7 Å². The van der Waals surface area contributed by atoms with Gasteiger partial charge in [0.2, 0.25) is 0 Å². The van der Waals surface area contributed by atoms with Gasteiger partial charge in [0.25, 0.3) is 0 Å². The molecule has 0 bridgehead atoms. The maximum absolute atomic E-state index is 4.23. The van der Waals surface area contributed by atoms with Crippen molar-refractivity contribution in [3.8, 4) is 0 Å². The maximum Gasteiger partial charge on any atom is -0.00936 e. The van der Waals surface area contributed by atoms with E-state index < -0.39 is 0 Å². The van der Waals surface area contributed by atoms with E-state index in [-0.39, 0.29) is 0 Å². The van der Waals surface area contributed by atoms with Gasteiger partial charge in [-0.05, 0) is 42.4 Å². The van der Waals surface area contributed by atoms with E-state index in [0.717, 1.165) is 5.92 Å². The van der Waals surface area contributed by atoms with Crippen molar-refractivity contribution in [2.75, 3.05) is 0 Å². The van der Waals surface area contributed by atoms with Crippen LogP contribution in [0.1, 0.15) is 68.2 Å². The summed E-state index contributed by atoms with van der Waals surface area (Å²) in [4.78, 5) is 0. The first-order chi connectivity index (χ1) is 7.00. The average Bonchev–Trinajstić information content (AvgIpc) is 2.11. The van der Waals surface area contributed by atoms with E-state index in [1.165, 1.54) is 18.4 Å². The minimum absolute atomic E-state index is 0.293. The summed E-state index contributed by atoms with van der Waals surface area (Å²) in [6, 6.07) is 0. The fraction of sp³-hybridized carbons (Fsp3) is 0.875. The molecule has 0 amide bonds. The average molecular weight is 224 g/mol. The molecule has 2 unspecified atom stereocenters. The first kappa shape index (κ1) is 15.7. The van der Waals surface area contributed by atoms with Crippen LogP contribution in [-0.2, 0) is 0 Å². The lowest BCUT2D eigenvalue weighted by atomic mass is 9.64. The van der Waals surface area contributed by atoms with Crippen molar-refractivity contribution in [1.82, 2.24) is 0 Å². The Morgan fingerprint density at radius 1 is 1.00 bits per heavy atom. The number of rotatable bonds is 5. The third-order valence-electron chi connectivity index (χ3n) is 4.37. The van der Waals surface area contributed by atoms with Gasteiger partial charge in [0.05, 0.1) is 0 Å². The zero-order valence-corrected chi connectivity index (χ0v) is 12.8. The van der Waals surface area contributed by atoms with Crippen LogP contribution in [-0.4, -0.2) is 0 Å². The monoisotopic (exact) mass is 224 g/mol. The second-order valence-corrected chi connectivity index (χ2v) is 7.29. The molecule has 0 spiro atoms.